The van der Waals surface area contributed by atoms with Gasteiger partial charge < -0.3 is 13.9 Å². The van der Waals surface area contributed by atoms with Gasteiger partial charge in [0.2, 0.25) is 5.71 Å². The Morgan fingerprint density at radius 3 is 2.71 bits per heavy atom. The molecule has 0 N–H and O–H groups in total. The number of nitrogens with zero attached hydrogens (tertiary/aromatic N) is 2. The molecule has 0 saturated heterocycles. The maximum atomic E-state index is 5.72. The van der Waals surface area contributed by atoms with Gasteiger partial charge in [-0.3, -0.25) is 0 Å². The Hall–Kier alpha value is -2.43. The molecule has 2 aromatic heterocycles. The summed E-state index contributed by atoms with van der Waals surface area (Å²) < 4.78 is 18.3. The van der Waals surface area contributed by atoms with E-state index in [1.165, 1.54) is 0 Å². The van der Waals surface area contributed by atoms with Gasteiger partial charge in [-0.05, 0) is 25.5 Å². The summed E-state index contributed by atoms with van der Waals surface area (Å²) in [5, 5.41) is 4.57. The van der Waals surface area contributed by atoms with Crippen molar-refractivity contribution >= 4 is 5.71 Å². The second-order valence-electron chi connectivity index (χ2n) is 4.82. The number of oxazole rings is 1. The fourth-order valence-corrected chi connectivity index (χ4v) is 2.53. The predicted molar refractivity (Wildman–Crippen MR) is 80.1 cm³/mol. The van der Waals surface area contributed by atoms with Crippen LogP contribution in [0.25, 0.3) is 16.8 Å². The zero-order valence-electron chi connectivity index (χ0n) is 12.6. The molecule has 0 spiro atoms. The normalized spacial score (nSPS) is 11.0. The van der Waals surface area contributed by atoms with Crippen LogP contribution >= 0.6 is 0 Å². The zero-order valence-corrected chi connectivity index (χ0v) is 12.6. The van der Waals surface area contributed by atoms with E-state index >= 15 is 0 Å². The van der Waals surface area contributed by atoms with Crippen molar-refractivity contribution in [2.45, 2.75) is 20.3 Å². The summed E-state index contributed by atoms with van der Waals surface area (Å²) in [6, 6.07) is 5.74. The molecule has 0 aliphatic rings. The van der Waals surface area contributed by atoms with Crippen LogP contribution in [0, 0.1) is 6.92 Å². The first-order chi connectivity index (χ1) is 10.2. The van der Waals surface area contributed by atoms with Gasteiger partial charge in [0.05, 0.1) is 31.2 Å². The van der Waals surface area contributed by atoms with Crippen LogP contribution in [0.2, 0.25) is 0 Å². The van der Waals surface area contributed by atoms with Gasteiger partial charge in [-0.25, -0.2) is 4.52 Å². The van der Waals surface area contributed by atoms with E-state index in [0.717, 1.165) is 46.1 Å². The van der Waals surface area contributed by atoms with E-state index in [9.17, 15) is 0 Å². The van der Waals surface area contributed by atoms with E-state index in [-0.39, 0.29) is 0 Å². The summed E-state index contributed by atoms with van der Waals surface area (Å²) in [5.74, 6) is 1.49. The predicted octanol–water partition coefficient (Wildman–Crippen LogP) is 3.48. The standard InChI is InChI=1S/C16H18N2O3/c1-5-11-9-21-16-15(10(2)17-18(11)16)13-7-6-12(19-3)8-14(13)20-4/h6-9H,5H2,1-4H3. The van der Waals surface area contributed by atoms with Crippen LogP contribution in [-0.2, 0) is 6.42 Å². The average molecular weight is 286 g/mol. The number of hydrogen-bond donors (Lipinski definition) is 0. The molecule has 2 heterocycles. The van der Waals surface area contributed by atoms with Crippen LogP contribution in [0.4, 0.5) is 0 Å². The number of hydrogen-bond acceptors (Lipinski definition) is 4. The molecular weight excluding hydrogens is 268 g/mol. The average Bonchev–Trinajstić information content (AvgIpc) is 3.04. The molecule has 3 aromatic rings. The van der Waals surface area contributed by atoms with Crippen molar-refractivity contribution in [1.29, 1.82) is 0 Å². The molecule has 0 radical (unpaired) electrons. The summed E-state index contributed by atoms with van der Waals surface area (Å²) >= 11 is 0. The van der Waals surface area contributed by atoms with Gasteiger partial charge in [-0.15, -0.1) is 0 Å². The third-order valence-corrected chi connectivity index (χ3v) is 3.64. The smallest absolute Gasteiger partial charge is 0.229 e. The van der Waals surface area contributed by atoms with Gasteiger partial charge in [-0.2, -0.15) is 5.10 Å². The van der Waals surface area contributed by atoms with Crippen LogP contribution in [0.3, 0.4) is 0 Å². The monoisotopic (exact) mass is 286 g/mol. The fourth-order valence-electron chi connectivity index (χ4n) is 2.53. The maximum Gasteiger partial charge on any atom is 0.229 e. The van der Waals surface area contributed by atoms with Crippen LogP contribution in [0.15, 0.2) is 28.9 Å². The SMILES string of the molecule is CCc1coc2c(-c3ccc(OC)cc3OC)c(C)nn12. The highest BCUT2D eigenvalue weighted by Crippen LogP contribution is 2.38. The molecule has 0 fully saturated rings. The van der Waals surface area contributed by atoms with Gasteiger partial charge in [0, 0.05) is 11.6 Å². The molecular formula is C16H18N2O3. The van der Waals surface area contributed by atoms with Crippen molar-refractivity contribution in [3.05, 3.63) is 35.9 Å². The van der Waals surface area contributed by atoms with Crippen LogP contribution in [0.5, 0.6) is 11.5 Å². The van der Waals surface area contributed by atoms with Crippen LogP contribution in [0.1, 0.15) is 18.3 Å². The van der Waals surface area contributed by atoms with Gasteiger partial charge in [-0.1, -0.05) is 6.92 Å². The maximum absolute atomic E-state index is 5.72. The molecule has 5 heteroatoms. The summed E-state index contributed by atoms with van der Waals surface area (Å²) in [6.07, 6.45) is 2.62. The molecule has 0 aliphatic carbocycles. The lowest BCUT2D eigenvalue weighted by molar-refractivity contribution is 0.395. The number of benzene rings is 1. The lowest BCUT2D eigenvalue weighted by atomic mass is 10.1. The minimum atomic E-state index is 0.738. The number of aromatic nitrogens is 2. The second-order valence-corrected chi connectivity index (χ2v) is 4.82. The molecule has 0 unspecified atom stereocenters. The molecule has 0 saturated carbocycles. The first-order valence-electron chi connectivity index (χ1n) is 6.87. The van der Waals surface area contributed by atoms with Gasteiger partial charge in [0.1, 0.15) is 17.8 Å². The van der Waals surface area contributed by atoms with Gasteiger partial charge in [0.15, 0.2) is 0 Å². The Balaban J connectivity index is 2.25. The Morgan fingerprint density at radius 2 is 2.05 bits per heavy atom. The molecule has 0 bridgehead atoms. The summed E-state index contributed by atoms with van der Waals surface area (Å²) in [6.45, 7) is 4.05. The molecule has 21 heavy (non-hydrogen) atoms. The Morgan fingerprint density at radius 1 is 1.24 bits per heavy atom. The number of rotatable bonds is 4. The third-order valence-electron chi connectivity index (χ3n) is 3.64. The lowest BCUT2D eigenvalue weighted by Gasteiger charge is -2.09. The minimum Gasteiger partial charge on any atom is -0.497 e. The van der Waals surface area contributed by atoms with E-state index in [2.05, 4.69) is 12.0 Å². The topological polar surface area (TPSA) is 48.9 Å². The Bertz CT molecular complexity index is 786. The van der Waals surface area contributed by atoms with E-state index in [1.807, 2.05) is 29.6 Å². The highest BCUT2D eigenvalue weighted by Gasteiger charge is 2.20. The zero-order chi connectivity index (χ0) is 15.0. The number of methoxy groups -OCH3 is 2. The molecule has 0 amide bonds. The highest BCUT2D eigenvalue weighted by atomic mass is 16.5. The molecule has 5 nitrogen and oxygen atoms in total. The minimum absolute atomic E-state index is 0.738. The van der Waals surface area contributed by atoms with Crippen molar-refractivity contribution in [2.75, 3.05) is 14.2 Å². The number of fused-ring (bicyclic) bond motifs is 1. The van der Waals surface area contributed by atoms with E-state index in [0.29, 0.717) is 0 Å². The van der Waals surface area contributed by atoms with E-state index < -0.39 is 0 Å². The van der Waals surface area contributed by atoms with E-state index in [4.69, 9.17) is 13.9 Å². The molecule has 3 rings (SSSR count). The fraction of sp³-hybridized carbons (Fsp3) is 0.312. The molecule has 1 aromatic carbocycles. The van der Waals surface area contributed by atoms with Crippen LogP contribution < -0.4 is 9.47 Å². The number of ether oxygens (including phenoxy) is 2. The Labute approximate surface area is 123 Å². The van der Waals surface area contributed by atoms with Crippen molar-refractivity contribution in [1.82, 2.24) is 9.61 Å². The molecule has 110 valence electrons. The largest absolute Gasteiger partial charge is 0.497 e. The lowest BCUT2D eigenvalue weighted by Crippen LogP contribution is -1.91. The van der Waals surface area contributed by atoms with Crippen molar-refractivity contribution in [2.24, 2.45) is 0 Å². The quantitative estimate of drug-likeness (QED) is 0.736. The van der Waals surface area contributed by atoms with Crippen LogP contribution in [-0.4, -0.2) is 23.8 Å². The summed E-state index contributed by atoms with van der Waals surface area (Å²) in [7, 11) is 3.28. The molecule has 0 aliphatic heterocycles. The number of aryl methyl sites for hydroxylation is 2. The summed E-state index contributed by atoms with van der Waals surface area (Å²) in [5.41, 5.74) is 4.60. The molecule has 0 atom stereocenters. The first kappa shape index (κ1) is 13.5. The second kappa shape index (κ2) is 5.16. The van der Waals surface area contributed by atoms with Crippen molar-refractivity contribution in [3.63, 3.8) is 0 Å². The van der Waals surface area contributed by atoms with Gasteiger partial charge in [0.25, 0.3) is 0 Å². The van der Waals surface area contributed by atoms with Crippen molar-refractivity contribution < 1.29 is 13.9 Å². The van der Waals surface area contributed by atoms with E-state index in [1.54, 1.807) is 20.5 Å². The summed E-state index contributed by atoms with van der Waals surface area (Å²) in [4.78, 5) is 0. The third kappa shape index (κ3) is 2.05. The Kier molecular flexibility index (Phi) is 3.33. The van der Waals surface area contributed by atoms with Gasteiger partial charge >= 0.3 is 0 Å². The van der Waals surface area contributed by atoms with Crippen molar-refractivity contribution in [3.8, 4) is 22.6 Å². The highest BCUT2D eigenvalue weighted by molar-refractivity contribution is 5.83. The first-order valence-corrected chi connectivity index (χ1v) is 6.87.